The van der Waals surface area contributed by atoms with Crippen LogP contribution in [0.25, 0.3) is 32.2 Å². The standard InChI is InChI=1S/C33H31ClN6O6S2/c1-18-27(33(42)43)29-31(47-18)21(7-8-36-29)22-15-20(34)5-6-25(22)46-14-13-40-19(2)37-24-16-26(48(4,44)45)30(23(17-35)28(24)32(40)41)39-11-9-38(3)10-12-39/h5-8,15-16H,9-14H2,1-4H3,(H,42,43). The summed E-state index contributed by atoms with van der Waals surface area (Å²) < 4.78 is 34.2. The monoisotopic (exact) mass is 706 g/mol. The van der Waals surface area contributed by atoms with Crippen LogP contribution in [0.5, 0.6) is 5.75 Å². The van der Waals surface area contributed by atoms with Crippen LogP contribution in [0, 0.1) is 25.2 Å². The largest absolute Gasteiger partial charge is 0.491 e. The summed E-state index contributed by atoms with van der Waals surface area (Å²) in [5.41, 5.74) is 1.74. The number of hydrogen-bond acceptors (Lipinski definition) is 11. The van der Waals surface area contributed by atoms with Crippen molar-refractivity contribution in [3.05, 3.63) is 73.7 Å². The Balaban J connectivity index is 1.39. The quantitative estimate of drug-likeness (QED) is 0.237. The molecule has 6 rings (SSSR count). The number of ether oxygens (including phenoxy) is 1. The SMILES string of the molecule is Cc1sc2c(-c3cc(Cl)ccc3OCCn3c(C)nc4cc(S(C)(=O)=O)c(N5CCN(C)CC5)c(C#N)c4c3=O)ccnc2c1C(=O)O. The van der Waals surface area contributed by atoms with E-state index in [2.05, 4.69) is 20.9 Å². The molecule has 0 unspecified atom stereocenters. The van der Waals surface area contributed by atoms with E-state index in [1.165, 1.54) is 22.0 Å². The number of piperazine rings is 1. The molecule has 4 heterocycles. The van der Waals surface area contributed by atoms with E-state index in [0.29, 0.717) is 69.0 Å². The number of benzene rings is 2. The van der Waals surface area contributed by atoms with Gasteiger partial charge in [0.15, 0.2) is 9.84 Å². The highest BCUT2D eigenvalue weighted by Gasteiger charge is 2.29. The summed E-state index contributed by atoms with van der Waals surface area (Å²) in [5, 5.41) is 20.6. The number of aryl methyl sites for hydroxylation is 2. The summed E-state index contributed by atoms with van der Waals surface area (Å²) in [4.78, 5) is 39.4. The van der Waals surface area contributed by atoms with Gasteiger partial charge in [-0.3, -0.25) is 14.3 Å². The number of sulfone groups is 1. The van der Waals surface area contributed by atoms with Gasteiger partial charge in [0.25, 0.3) is 5.56 Å². The molecule has 3 aromatic heterocycles. The molecule has 1 N–H and O–H groups in total. The number of carboxylic acids is 1. The highest BCUT2D eigenvalue weighted by molar-refractivity contribution is 7.90. The zero-order valence-corrected chi connectivity index (χ0v) is 29.0. The fourth-order valence-electron chi connectivity index (χ4n) is 6.10. The number of fused-ring (bicyclic) bond motifs is 2. The van der Waals surface area contributed by atoms with E-state index in [1.807, 2.05) is 11.9 Å². The molecule has 0 bridgehead atoms. The van der Waals surface area contributed by atoms with Gasteiger partial charge in [0.1, 0.15) is 24.3 Å². The lowest BCUT2D eigenvalue weighted by Crippen LogP contribution is -2.45. The third-order valence-corrected chi connectivity index (χ3v) is 10.9. The number of anilines is 1. The first-order chi connectivity index (χ1) is 22.8. The van der Waals surface area contributed by atoms with Gasteiger partial charge >= 0.3 is 5.97 Å². The average molecular weight is 707 g/mol. The summed E-state index contributed by atoms with van der Waals surface area (Å²) >= 11 is 7.71. The Hall–Kier alpha value is -4.55. The number of likely N-dealkylation sites (N-methyl/N-ethyl adjacent to an activating group) is 1. The van der Waals surface area contributed by atoms with E-state index in [0.717, 1.165) is 6.26 Å². The number of nitriles is 1. The molecule has 2 aromatic carbocycles. The minimum atomic E-state index is -3.77. The number of pyridine rings is 1. The normalized spacial score (nSPS) is 14.0. The van der Waals surface area contributed by atoms with E-state index in [4.69, 9.17) is 16.3 Å². The molecule has 0 amide bonds. The zero-order chi connectivity index (χ0) is 34.5. The topological polar surface area (TPSA) is 159 Å². The van der Waals surface area contributed by atoms with E-state index < -0.39 is 21.4 Å². The number of halogens is 1. The molecule has 15 heteroatoms. The van der Waals surface area contributed by atoms with Gasteiger partial charge in [0.2, 0.25) is 0 Å². The first kappa shape index (κ1) is 33.4. The van der Waals surface area contributed by atoms with Crippen molar-refractivity contribution in [1.82, 2.24) is 19.4 Å². The minimum Gasteiger partial charge on any atom is -0.491 e. The van der Waals surface area contributed by atoms with Crippen molar-refractivity contribution in [2.24, 2.45) is 0 Å². The molecule has 1 aliphatic heterocycles. The molecule has 5 aromatic rings. The van der Waals surface area contributed by atoms with Crippen LogP contribution >= 0.6 is 22.9 Å². The number of rotatable bonds is 8. The predicted octanol–water partition coefficient (Wildman–Crippen LogP) is 4.75. The predicted molar refractivity (Wildman–Crippen MR) is 186 cm³/mol. The molecule has 48 heavy (non-hydrogen) atoms. The van der Waals surface area contributed by atoms with Crippen molar-refractivity contribution in [1.29, 1.82) is 5.26 Å². The lowest BCUT2D eigenvalue weighted by Gasteiger charge is -2.35. The Morgan fingerprint density at radius 3 is 2.54 bits per heavy atom. The lowest BCUT2D eigenvalue weighted by atomic mass is 10.0. The van der Waals surface area contributed by atoms with Crippen LogP contribution in [0.15, 0.2) is 46.2 Å². The molecule has 0 spiro atoms. The van der Waals surface area contributed by atoms with Crippen LogP contribution < -0.4 is 15.2 Å². The number of hydrogen-bond donors (Lipinski definition) is 1. The van der Waals surface area contributed by atoms with Gasteiger partial charge in [-0.15, -0.1) is 11.3 Å². The summed E-state index contributed by atoms with van der Waals surface area (Å²) in [6.45, 7) is 5.82. The molecule has 0 radical (unpaired) electrons. The molecule has 0 saturated carbocycles. The first-order valence-corrected chi connectivity index (χ1v) is 18.0. The van der Waals surface area contributed by atoms with Crippen LogP contribution in [-0.4, -0.2) is 85.0 Å². The molecule has 0 aliphatic carbocycles. The van der Waals surface area contributed by atoms with Crippen molar-refractivity contribution in [2.75, 3.05) is 51.0 Å². The summed E-state index contributed by atoms with van der Waals surface area (Å²) in [7, 11) is -1.80. The Morgan fingerprint density at radius 2 is 1.88 bits per heavy atom. The lowest BCUT2D eigenvalue weighted by molar-refractivity contribution is 0.0698. The smallest absolute Gasteiger partial charge is 0.339 e. The van der Waals surface area contributed by atoms with Gasteiger partial charge < -0.3 is 19.6 Å². The number of aromatic carboxylic acids is 1. The molecular formula is C33H31ClN6O6S2. The second kappa shape index (κ2) is 12.8. The first-order valence-electron chi connectivity index (χ1n) is 15.0. The van der Waals surface area contributed by atoms with Crippen LogP contribution in [0.2, 0.25) is 5.02 Å². The fraction of sp³-hybridized carbons (Fsp3) is 0.303. The van der Waals surface area contributed by atoms with Crippen molar-refractivity contribution in [3.8, 4) is 22.9 Å². The minimum absolute atomic E-state index is 0.0155. The molecule has 248 valence electrons. The third kappa shape index (κ3) is 5.99. The van der Waals surface area contributed by atoms with E-state index in [-0.39, 0.29) is 45.8 Å². The second-order valence-corrected chi connectivity index (χ2v) is 15.3. The summed E-state index contributed by atoms with van der Waals surface area (Å²) in [6, 6.07) is 10.4. The van der Waals surface area contributed by atoms with Crippen LogP contribution in [-0.2, 0) is 16.4 Å². The Labute approximate surface area is 285 Å². The number of carbonyl (C=O) groups is 1. The van der Waals surface area contributed by atoms with Gasteiger partial charge in [-0.25, -0.2) is 18.2 Å². The Kier molecular flexibility index (Phi) is 8.90. The number of aromatic nitrogens is 3. The third-order valence-electron chi connectivity index (χ3n) is 8.47. The number of thiophene rings is 1. The Bertz CT molecular complexity index is 2340. The summed E-state index contributed by atoms with van der Waals surface area (Å²) in [6.07, 6.45) is 2.63. The van der Waals surface area contributed by atoms with E-state index >= 15 is 0 Å². The number of carboxylic acid groups (broad SMARTS) is 1. The number of nitrogens with zero attached hydrogens (tertiary/aromatic N) is 6. The van der Waals surface area contributed by atoms with Gasteiger partial charge in [-0.05, 0) is 51.2 Å². The maximum Gasteiger partial charge on any atom is 0.339 e. The Morgan fingerprint density at radius 1 is 1.15 bits per heavy atom. The summed E-state index contributed by atoms with van der Waals surface area (Å²) in [5.74, 6) is -0.269. The zero-order valence-electron chi connectivity index (χ0n) is 26.6. The highest BCUT2D eigenvalue weighted by Crippen LogP contribution is 2.41. The van der Waals surface area contributed by atoms with Crippen molar-refractivity contribution >= 4 is 65.6 Å². The highest BCUT2D eigenvalue weighted by atomic mass is 35.5. The molecule has 0 atom stereocenters. The van der Waals surface area contributed by atoms with Crippen LogP contribution in [0.1, 0.15) is 26.6 Å². The molecule has 1 saturated heterocycles. The molecular weight excluding hydrogens is 676 g/mol. The second-order valence-electron chi connectivity index (χ2n) is 11.6. The molecule has 12 nitrogen and oxygen atoms in total. The van der Waals surface area contributed by atoms with Crippen LogP contribution in [0.3, 0.4) is 0 Å². The van der Waals surface area contributed by atoms with E-state index in [1.54, 1.807) is 44.3 Å². The maximum absolute atomic E-state index is 14.1. The van der Waals surface area contributed by atoms with Gasteiger partial charge in [-0.2, -0.15) is 5.26 Å². The van der Waals surface area contributed by atoms with Gasteiger partial charge in [-0.1, -0.05) is 11.6 Å². The molecule has 1 fully saturated rings. The van der Waals surface area contributed by atoms with Crippen LogP contribution in [0.4, 0.5) is 5.69 Å². The van der Waals surface area contributed by atoms with Crippen molar-refractivity contribution in [2.45, 2.75) is 25.3 Å². The fourth-order valence-corrected chi connectivity index (χ4v) is 8.32. The molecule has 1 aliphatic rings. The van der Waals surface area contributed by atoms with Crippen molar-refractivity contribution in [3.63, 3.8) is 0 Å². The van der Waals surface area contributed by atoms with E-state index in [9.17, 15) is 28.4 Å². The maximum atomic E-state index is 14.1. The average Bonchev–Trinajstić information content (AvgIpc) is 3.38. The van der Waals surface area contributed by atoms with Gasteiger partial charge in [0.05, 0.1) is 49.4 Å². The van der Waals surface area contributed by atoms with Gasteiger partial charge in [0, 0.05) is 59.7 Å². The van der Waals surface area contributed by atoms with Crippen molar-refractivity contribution < 1.29 is 23.1 Å².